The van der Waals surface area contributed by atoms with Crippen LogP contribution in [0.25, 0.3) is 0 Å². The molecule has 0 bridgehead atoms. The van der Waals surface area contributed by atoms with Crippen molar-refractivity contribution in [2.24, 2.45) is 0 Å². The standard InChI is InChI=1S/C14H17F4N3O/c15-9-1-2-11(16)12(7-9)20-14(22)19-10-3-5-21(6-4-10)8-13(17)18/h1-2,7,10,13H,3-6,8H2,(H2,19,20,22). The summed E-state index contributed by atoms with van der Waals surface area (Å²) in [6.45, 7) is 0.653. The van der Waals surface area contributed by atoms with E-state index in [0.29, 0.717) is 25.9 Å². The van der Waals surface area contributed by atoms with Crippen molar-refractivity contribution < 1.29 is 22.4 Å². The number of anilines is 1. The molecule has 4 nitrogen and oxygen atoms in total. The number of carbonyl (C=O) groups is 1. The van der Waals surface area contributed by atoms with Crippen LogP contribution in [-0.2, 0) is 0 Å². The second kappa shape index (κ2) is 7.44. The molecule has 0 atom stereocenters. The van der Waals surface area contributed by atoms with Crippen LogP contribution in [0.1, 0.15) is 12.8 Å². The van der Waals surface area contributed by atoms with Crippen molar-refractivity contribution in [3.05, 3.63) is 29.8 Å². The largest absolute Gasteiger partial charge is 0.335 e. The van der Waals surface area contributed by atoms with Gasteiger partial charge in [0.1, 0.15) is 11.6 Å². The number of hydrogen-bond acceptors (Lipinski definition) is 2. The molecule has 2 amide bonds. The minimum Gasteiger partial charge on any atom is -0.335 e. The van der Waals surface area contributed by atoms with Gasteiger partial charge in [-0.05, 0) is 25.0 Å². The van der Waals surface area contributed by atoms with Crippen molar-refractivity contribution in [3.8, 4) is 0 Å². The second-order valence-corrected chi connectivity index (χ2v) is 5.19. The fourth-order valence-electron chi connectivity index (χ4n) is 2.39. The van der Waals surface area contributed by atoms with E-state index in [2.05, 4.69) is 10.6 Å². The number of piperidine rings is 1. The molecule has 0 saturated carbocycles. The van der Waals surface area contributed by atoms with Crippen molar-refractivity contribution in [1.29, 1.82) is 0 Å². The fourth-order valence-corrected chi connectivity index (χ4v) is 2.39. The van der Waals surface area contributed by atoms with Crippen LogP contribution in [0.2, 0.25) is 0 Å². The van der Waals surface area contributed by atoms with Crippen molar-refractivity contribution in [1.82, 2.24) is 10.2 Å². The first-order valence-electron chi connectivity index (χ1n) is 6.97. The van der Waals surface area contributed by atoms with Crippen LogP contribution >= 0.6 is 0 Å². The maximum absolute atomic E-state index is 13.4. The van der Waals surface area contributed by atoms with E-state index < -0.39 is 24.1 Å². The van der Waals surface area contributed by atoms with Gasteiger partial charge in [0.05, 0.1) is 12.2 Å². The highest BCUT2D eigenvalue weighted by Crippen LogP contribution is 2.16. The maximum Gasteiger partial charge on any atom is 0.319 e. The average molecular weight is 319 g/mol. The van der Waals surface area contributed by atoms with E-state index in [1.807, 2.05) is 0 Å². The molecule has 1 fully saturated rings. The van der Waals surface area contributed by atoms with Gasteiger partial charge in [-0.15, -0.1) is 0 Å². The van der Waals surface area contributed by atoms with E-state index >= 15 is 0 Å². The molecule has 0 radical (unpaired) electrons. The Bertz CT molecular complexity index is 519. The molecule has 0 aromatic heterocycles. The molecule has 0 aliphatic carbocycles. The highest BCUT2D eigenvalue weighted by atomic mass is 19.3. The summed E-state index contributed by atoms with van der Waals surface area (Å²) < 4.78 is 50.9. The number of amides is 2. The third-order valence-corrected chi connectivity index (χ3v) is 3.50. The van der Waals surface area contributed by atoms with Gasteiger partial charge in [0, 0.05) is 25.2 Å². The Labute approximate surface area is 125 Å². The Morgan fingerprint density at radius 3 is 2.59 bits per heavy atom. The van der Waals surface area contributed by atoms with Crippen molar-refractivity contribution >= 4 is 11.7 Å². The van der Waals surface area contributed by atoms with Gasteiger partial charge in [-0.25, -0.2) is 22.4 Å². The molecular formula is C14H17F4N3O. The van der Waals surface area contributed by atoms with Crippen molar-refractivity contribution in [2.75, 3.05) is 25.0 Å². The van der Waals surface area contributed by atoms with Crippen LogP contribution < -0.4 is 10.6 Å². The molecule has 22 heavy (non-hydrogen) atoms. The molecule has 0 spiro atoms. The van der Waals surface area contributed by atoms with Gasteiger partial charge in [0.2, 0.25) is 0 Å². The summed E-state index contributed by atoms with van der Waals surface area (Å²) in [5.41, 5.74) is -0.243. The van der Waals surface area contributed by atoms with Crippen LogP contribution in [0.4, 0.5) is 28.0 Å². The molecule has 1 heterocycles. The number of urea groups is 1. The molecule has 1 saturated heterocycles. The second-order valence-electron chi connectivity index (χ2n) is 5.19. The van der Waals surface area contributed by atoms with Crippen molar-refractivity contribution in [2.45, 2.75) is 25.3 Å². The number of carbonyl (C=O) groups excluding carboxylic acids is 1. The van der Waals surface area contributed by atoms with E-state index in [-0.39, 0.29) is 18.3 Å². The quantitative estimate of drug-likeness (QED) is 0.838. The van der Waals surface area contributed by atoms with Gasteiger partial charge < -0.3 is 10.6 Å². The molecular weight excluding hydrogens is 302 g/mol. The summed E-state index contributed by atoms with van der Waals surface area (Å²) >= 11 is 0. The monoisotopic (exact) mass is 319 g/mol. The lowest BCUT2D eigenvalue weighted by Crippen LogP contribution is -2.46. The average Bonchev–Trinajstić information content (AvgIpc) is 2.44. The molecule has 8 heteroatoms. The number of benzene rings is 1. The first kappa shape index (κ1) is 16.5. The van der Waals surface area contributed by atoms with E-state index in [4.69, 9.17) is 0 Å². The zero-order chi connectivity index (χ0) is 16.1. The molecule has 1 aliphatic rings. The van der Waals surface area contributed by atoms with Gasteiger partial charge in [-0.3, -0.25) is 4.90 Å². The van der Waals surface area contributed by atoms with Gasteiger partial charge >= 0.3 is 6.03 Å². The summed E-state index contributed by atoms with van der Waals surface area (Å²) in [4.78, 5) is 13.4. The first-order chi connectivity index (χ1) is 10.4. The van der Waals surface area contributed by atoms with E-state index in [1.54, 1.807) is 4.90 Å². The van der Waals surface area contributed by atoms with E-state index in [1.165, 1.54) is 0 Å². The van der Waals surface area contributed by atoms with Crippen LogP contribution in [0.15, 0.2) is 18.2 Å². The van der Waals surface area contributed by atoms with Gasteiger partial charge in [-0.1, -0.05) is 0 Å². The van der Waals surface area contributed by atoms with Gasteiger partial charge in [0.25, 0.3) is 6.43 Å². The number of nitrogens with zero attached hydrogens (tertiary/aromatic N) is 1. The lowest BCUT2D eigenvalue weighted by Gasteiger charge is -2.32. The fraction of sp³-hybridized carbons (Fsp3) is 0.500. The summed E-state index contributed by atoms with van der Waals surface area (Å²) in [5.74, 6) is -1.39. The minimum absolute atomic E-state index is 0.175. The maximum atomic E-state index is 13.4. The summed E-state index contributed by atoms with van der Waals surface area (Å²) in [7, 11) is 0. The van der Waals surface area contributed by atoms with Crippen LogP contribution in [0, 0.1) is 11.6 Å². The predicted octanol–water partition coefficient (Wildman–Crippen LogP) is 2.82. The Morgan fingerprint density at radius 1 is 1.27 bits per heavy atom. The van der Waals surface area contributed by atoms with E-state index in [9.17, 15) is 22.4 Å². The van der Waals surface area contributed by atoms with E-state index in [0.717, 1.165) is 18.2 Å². The third kappa shape index (κ3) is 4.87. The number of nitrogens with one attached hydrogen (secondary N) is 2. The summed E-state index contributed by atoms with van der Waals surface area (Å²) in [5, 5.41) is 4.88. The number of rotatable bonds is 4. The normalized spacial score (nSPS) is 16.8. The van der Waals surface area contributed by atoms with Gasteiger partial charge in [0.15, 0.2) is 0 Å². The Morgan fingerprint density at radius 2 is 1.95 bits per heavy atom. The molecule has 122 valence electrons. The molecule has 1 aliphatic heterocycles. The Balaban J connectivity index is 1.80. The Kier molecular flexibility index (Phi) is 5.59. The summed E-state index contributed by atoms with van der Waals surface area (Å²) in [6.07, 6.45) is -1.30. The number of alkyl halides is 2. The SMILES string of the molecule is O=C(Nc1cc(F)ccc1F)NC1CCN(CC(F)F)CC1. The predicted molar refractivity (Wildman–Crippen MR) is 74.0 cm³/mol. The lowest BCUT2D eigenvalue weighted by atomic mass is 10.1. The smallest absolute Gasteiger partial charge is 0.319 e. The molecule has 2 rings (SSSR count). The first-order valence-corrected chi connectivity index (χ1v) is 6.97. The number of likely N-dealkylation sites (tertiary alicyclic amines) is 1. The zero-order valence-corrected chi connectivity index (χ0v) is 11.8. The zero-order valence-electron chi connectivity index (χ0n) is 11.8. The van der Waals surface area contributed by atoms with Crippen LogP contribution in [0.5, 0.6) is 0 Å². The van der Waals surface area contributed by atoms with Crippen LogP contribution in [0.3, 0.4) is 0 Å². The third-order valence-electron chi connectivity index (χ3n) is 3.50. The molecule has 2 N–H and O–H groups in total. The lowest BCUT2D eigenvalue weighted by molar-refractivity contribution is 0.0739. The number of halogens is 4. The van der Waals surface area contributed by atoms with Crippen LogP contribution in [-0.4, -0.2) is 43.0 Å². The number of hydrogen-bond donors (Lipinski definition) is 2. The highest BCUT2D eigenvalue weighted by Gasteiger charge is 2.22. The minimum atomic E-state index is -2.37. The molecule has 1 aromatic rings. The molecule has 1 aromatic carbocycles. The summed E-state index contributed by atoms with van der Waals surface area (Å²) in [6, 6.07) is 1.95. The topological polar surface area (TPSA) is 44.4 Å². The molecule has 0 unspecified atom stereocenters. The van der Waals surface area contributed by atoms with Crippen molar-refractivity contribution in [3.63, 3.8) is 0 Å². The Hall–Kier alpha value is -1.83. The van der Waals surface area contributed by atoms with Gasteiger partial charge in [-0.2, -0.15) is 0 Å². The highest BCUT2D eigenvalue weighted by molar-refractivity contribution is 5.89.